The molecule has 3 aromatic rings. The molecular weight excluding hydrogens is 411 g/mol. The molecule has 0 saturated heterocycles. The summed E-state index contributed by atoms with van der Waals surface area (Å²) in [5.41, 5.74) is -1.20. The Bertz CT molecular complexity index is 946. The number of amides is 1. The number of nitrogens with zero attached hydrogens (tertiary/aromatic N) is 2. The van der Waals surface area contributed by atoms with Crippen LogP contribution in [0.15, 0.2) is 45.5 Å². The summed E-state index contributed by atoms with van der Waals surface area (Å²) in [7, 11) is 0. The van der Waals surface area contributed by atoms with E-state index in [0.29, 0.717) is 33.6 Å². The molecule has 5 nitrogen and oxygen atoms in total. The third-order valence-electron chi connectivity index (χ3n) is 3.11. The summed E-state index contributed by atoms with van der Waals surface area (Å²) in [6.07, 6.45) is 0. The Morgan fingerprint density at radius 3 is 2.38 bits per heavy atom. The van der Waals surface area contributed by atoms with Crippen molar-refractivity contribution in [2.24, 2.45) is 0 Å². The number of carbonyl (C=O) groups excluding carboxylic acids is 1. The Balaban J connectivity index is 1.88. The minimum atomic E-state index is -1.80. The SMILES string of the molecule is O=C(Nc1c(F)cc(F)cc1F)c1nnsc1[S+]([O-])c1ccc(Cl)cc1. The van der Waals surface area contributed by atoms with Crippen LogP contribution in [0.3, 0.4) is 0 Å². The van der Waals surface area contributed by atoms with E-state index in [-0.39, 0.29) is 9.90 Å². The van der Waals surface area contributed by atoms with Crippen molar-refractivity contribution in [2.45, 2.75) is 9.10 Å². The molecule has 134 valence electrons. The maximum absolute atomic E-state index is 13.7. The number of anilines is 1. The second-order valence-corrected chi connectivity index (χ2v) is 7.70. The Morgan fingerprint density at radius 1 is 1.15 bits per heavy atom. The smallest absolute Gasteiger partial charge is 0.282 e. The molecule has 0 aliphatic carbocycles. The zero-order valence-corrected chi connectivity index (χ0v) is 14.9. The Morgan fingerprint density at radius 2 is 1.77 bits per heavy atom. The van der Waals surface area contributed by atoms with Gasteiger partial charge in [-0.05, 0) is 24.3 Å². The summed E-state index contributed by atoms with van der Waals surface area (Å²) in [6, 6.07) is 6.88. The van der Waals surface area contributed by atoms with Gasteiger partial charge in [-0.3, -0.25) is 4.79 Å². The molecule has 11 heteroatoms. The van der Waals surface area contributed by atoms with E-state index < -0.39 is 40.2 Å². The van der Waals surface area contributed by atoms with Crippen LogP contribution in [0.25, 0.3) is 0 Å². The van der Waals surface area contributed by atoms with Gasteiger partial charge in [0, 0.05) is 39.9 Å². The van der Waals surface area contributed by atoms with Crippen LogP contribution in [0.2, 0.25) is 5.02 Å². The van der Waals surface area contributed by atoms with E-state index in [1.54, 1.807) is 0 Å². The second kappa shape index (κ2) is 7.62. The second-order valence-electron chi connectivity index (χ2n) is 4.83. The fourth-order valence-corrected chi connectivity index (χ4v) is 4.05. The zero-order chi connectivity index (χ0) is 18.8. The molecule has 1 amide bonds. The van der Waals surface area contributed by atoms with E-state index >= 15 is 0 Å². The van der Waals surface area contributed by atoms with Crippen LogP contribution in [0.1, 0.15) is 10.5 Å². The molecule has 0 aliphatic rings. The molecule has 1 heterocycles. The highest BCUT2D eigenvalue weighted by Gasteiger charge is 2.29. The van der Waals surface area contributed by atoms with Crippen LogP contribution in [-0.2, 0) is 11.2 Å². The lowest BCUT2D eigenvalue weighted by molar-refractivity contribution is 0.101. The van der Waals surface area contributed by atoms with Gasteiger partial charge in [0.05, 0.1) is 0 Å². The Hall–Kier alpha value is -2.14. The number of nitrogens with one attached hydrogen (secondary N) is 1. The minimum absolute atomic E-state index is 0.00671. The normalized spacial score (nSPS) is 12.0. The molecule has 0 radical (unpaired) electrons. The molecule has 2 aromatic carbocycles. The van der Waals surface area contributed by atoms with Gasteiger partial charge in [-0.2, -0.15) is 0 Å². The maximum atomic E-state index is 13.7. The number of halogens is 4. The standard InChI is InChI=1S/C15H7ClF3N3O2S2/c16-7-1-3-9(4-2-7)26(24)15-13(21-22-25-15)14(23)20-12-10(18)5-8(17)6-11(12)19/h1-6H,(H,20,23). The first-order valence-corrected chi connectivity index (χ1v) is 9.12. The van der Waals surface area contributed by atoms with Gasteiger partial charge >= 0.3 is 0 Å². The van der Waals surface area contributed by atoms with Gasteiger partial charge in [0.15, 0.2) is 16.5 Å². The van der Waals surface area contributed by atoms with Gasteiger partial charge in [0.25, 0.3) is 10.1 Å². The van der Waals surface area contributed by atoms with Crippen LogP contribution in [0, 0.1) is 17.5 Å². The monoisotopic (exact) mass is 417 g/mol. The van der Waals surface area contributed by atoms with Crippen LogP contribution >= 0.6 is 23.1 Å². The van der Waals surface area contributed by atoms with Crippen molar-refractivity contribution in [3.05, 3.63) is 64.6 Å². The fraction of sp³-hybridized carbons (Fsp3) is 0. The van der Waals surface area contributed by atoms with Gasteiger partial charge in [-0.1, -0.05) is 16.1 Å². The lowest BCUT2D eigenvalue weighted by atomic mass is 10.2. The van der Waals surface area contributed by atoms with Crippen molar-refractivity contribution in [3.63, 3.8) is 0 Å². The largest absolute Gasteiger partial charge is 0.606 e. The quantitative estimate of drug-likeness (QED) is 0.650. The van der Waals surface area contributed by atoms with Crippen molar-refractivity contribution in [3.8, 4) is 0 Å². The summed E-state index contributed by atoms with van der Waals surface area (Å²) >= 11 is 4.67. The molecule has 0 aliphatic heterocycles. The third kappa shape index (κ3) is 3.83. The summed E-state index contributed by atoms with van der Waals surface area (Å²) in [5, 5.41) is 5.97. The highest BCUT2D eigenvalue weighted by Crippen LogP contribution is 2.28. The van der Waals surface area contributed by atoms with Crippen LogP contribution in [0.4, 0.5) is 18.9 Å². The first-order chi connectivity index (χ1) is 12.4. The summed E-state index contributed by atoms with van der Waals surface area (Å²) in [4.78, 5) is 12.6. The predicted molar refractivity (Wildman–Crippen MR) is 90.3 cm³/mol. The highest BCUT2D eigenvalue weighted by atomic mass is 35.5. The van der Waals surface area contributed by atoms with Crippen LogP contribution in [-0.4, -0.2) is 20.0 Å². The van der Waals surface area contributed by atoms with Crippen molar-refractivity contribution in [1.82, 2.24) is 9.59 Å². The topological polar surface area (TPSA) is 77.9 Å². The molecule has 1 N–H and O–H groups in total. The van der Waals surface area contributed by atoms with Crippen molar-refractivity contribution in [2.75, 3.05) is 5.32 Å². The molecule has 0 bridgehead atoms. The number of hydrogen-bond donors (Lipinski definition) is 1. The Labute approximate surface area is 157 Å². The van der Waals surface area contributed by atoms with E-state index in [2.05, 4.69) is 9.59 Å². The fourth-order valence-electron chi connectivity index (χ4n) is 1.94. The minimum Gasteiger partial charge on any atom is -0.606 e. The van der Waals surface area contributed by atoms with Crippen molar-refractivity contribution >= 4 is 45.9 Å². The van der Waals surface area contributed by atoms with E-state index in [1.807, 2.05) is 5.32 Å². The van der Waals surface area contributed by atoms with Crippen LogP contribution < -0.4 is 5.32 Å². The van der Waals surface area contributed by atoms with Crippen molar-refractivity contribution < 1.29 is 22.5 Å². The van der Waals surface area contributed by atoms with Gasteiger partial charge in [-0.15, -0.1) is 5.10 Å². The average Bonchev–Trinajstić information content (AvgIpc) is 3.07. The van der Waals surface area contributed by atoms with Crippen LogP contribution in [0.5, 0.6) is 0 Å². The first kappa shape index (κ1) is 18.6. The summed E-state index contributed by atoms with van der Waals surface area (Å²) in [6.45, 7) is 0. The molecule has 26 heavy (non-hydrogen) atoms. The number of carbonyl (C=O) groups is 1. The van der Waals surface area contributed by atoms with Gasteiger partial charge in [0.1, 0.15) is 11.5 Å². The average molecular weight is 418 g/mol. The summed E-state index contributed by atoms with van der Waals surface area (Å²) < 4.78 is 56.5. The number of aromatic nitrogens is 2. The van der Waals surface area contributed by atoms with Gasteiger partial charge in [-0.25, -0.2) is 13.2 Å². The number of benzene rings is 2. The van der Waals surface area contributed by atoms with E-state index in [4.69, 9.17) is 11.6 Å². The zero-order valence-electron chi connectivity index (χ0n) is 12.5. The Kier molecular flexibility index (Phi) is 5.47. The molecule has 0 fully saturated rings. The molecule has 0 spiro atoms. The number of rotatable bonds is 4. The highest BCUT2D eigenvalue weighted by molar-refractivity contribution is 7.93. The van der Waals surface area contributed by atoms with Crippen molar-refractivity contribution in [1.29, 1.82) is 0 Å². The third-order valence-corrected chi connectivity index (χ3v) is 5.80. The van der Waals surface area contributed by atoms with E-state index in [0.717, 1.165) is 0 Å². The molecule has 3 rings (SSSR count). The lowest BCUT2D eigenvalue weighted by Gasteiger charge is -2.09. The number of hydrogen-bond acceptors (Lipinski definition) is 5. The predicted octanol–water partition coefficient (Wildman–Crippen LogP) is 4.03. The van der Waals surface area contributed by atoms with Gasteiger partial charge in [0.2, 0.25) is 5.69 Å². The molecule has 1 atom stereocenters. The molecular formula is C15H7ClF3N3O2S2. The molecule has 1 unspecified atom stereocenters. The molecule has 0 saturated carbocycles. The van der Waals surface area contributed by atoms with Gasteiger partial charge < -0.3 is 9.87 Å². The lowest BCUT2D eigenvalue weighted by Crippen LogP contribution is -2.18. The summed E-state index contributed by atoms with van der Waals surface area (Å²) in [5.74, 6) is -4.74. The molecule has 1 aromatic heterocycles. The van der Waals surface area contributed by atoms with E-state index in [1.165, 1.54) is 24.3 Å². The first-order valence-electron chi connectivity index (χ1n) is 6.82. The maximum Gasteiger partial charge on any atom is 0.282 e. The van der Waals surface area contributed by atoms with E-state index in [9.17, 15) is 22.5 Å².